The predicted octanol–water partition coefficient (Wildman–Crippen LogP) is 3.40. The Hall–Kier alpha value is -1.02. The van der Waals surface area contributed by atoms with Crippen LogP contribution in [0, 0.1) is 0 Å². The first-order valence-corrected chi connectivity index (χ1v) is 11.7. The van der Waals surface area contributed by atoms with E-state index in [1.165, 1.54) is 5.56 Å². The third kappa shape index (κ3) is 9.07. The van der Waals surface area contributed by atoms with Crippen molar-refractivity contribution in [1.82, 2.24) is 4.90 Å². The molecule has 0 aromatic heterocycles. The molecule has 0 unspecified atom stereocenters. The standard InChI is InChI=1S/C20H36N2O3Si/c1-4-23-26(24-5-2,25-6-3)19-11-17-22(18-15-21)16-10-14-20-12-8-7-9-13-20/h7-10,12-14H,4-6,11,15-19,21H2,1-3H3. The Bertz CT molecular complexity index is 468. The van der Waals surface area contributed by atoms with E-state index in [9.17, 15) is 0 Å². The molecule has 1 aromatic carbocycles. The zero-order chi connectivity index (χ0) is 19.1. The van der Waals surface area contributed by atoms with Gasteiger partial charge in [0.1, 0.15) is 0 Å². The third-order valence-electron chi connectivity index (χ3n) is 3.97. The summed E-state index contributed by atoms with van der Waals surface area (Å²) in [5, 5.41) is 0. The highest BCUT2D eigenvalue weighted by molar-refractivity contribution is 6.60. The summed E-state index contributed by atoms with van der Waals surface area (Å²) in [5.74, 6) is 0. The molecule has 0 fully saturated rings. The molecule has 0 bridgehead atoms. The van der Waals surface area contributed by atoms with Crippen molar-refractivity contribution < 1.29 is 13.3 Å². The Morgan fingerprint density at radius 2 is 1.58 bits per heavy atom. The molecule has 0 aliphatic rings. The van der Waals surface area contributed by atoms with Gasteiger partial charge in [0.05, 0.1) is 0 Å². The minimum atomic E-state index is -2.55. The lowest BCUT2D eigenvalue weighted by Gasteiger charge is -2.29. The molecule has 6 heteroatoms. The van der Waals surface area contributed by atoms with Crippen LogP contribution in [0.4, 0.5) is 0 Å². The topological polar surface area (TPSA) is 57.0 Å². The molecule has 0 heterocycles. The van der Waals surface area contributed by atoms with E-state index in [-0.39, 0.29) is 0 Å². The molecule has 0 spiro atoms. The van der Waals surface area contributed by atoms with Gasteiger partial charge in [-0.05, 0) is 39.3 Å². The van der Waals surface area contributed by atoms with Gasteiger partial charge in [0.2, 0.25) is 0 Å². The lowest BCUT2D eigenvalue weighted by atomic mass is 10.2. The highest BCUT2D eigenvalue weighted by atomic mass is 28.4. The molecule has 26 heavy (non-hydrogen) atoms. The first-order chi connectivity index (χ1) is 12.7. The van der Waals surface area contributed by atoms with Gasteiger partial charge in [-0.3, -0.25) is 4.90 Å². The van der Waals surface area contributed by atoms with Crippen LogP contribution in [-0.4, -0.2) is 59.7 Å². The zero-order valence-corrected chi connectivity index (χ0v) is 17.7. The van der Waals surface area contributed by atoms with Gasteiger partial charge in [-0.25, -0.2) is 0 Å². The van der Waals surface area contributed by atoms with Gasteiger partial charge in [-0.1, -0.05) is 42.5 Å². The predicted molar refractivity (Wildman–Crippen MR) is 111 cm³/mol. The molecular weight excluding hydrogens is 344 g/mol. The van der Waals surface area contributed by atoms with E-state index in [1.807, 2.05) is 26.8 Å². The molecular formula is C20H36N2O3Si. The van der Waals surface area contributed by atoms with Gasteiger partial charge in [0, 0.05) is 45.5 Å². The van der Waals surface area contributed by atoms with E-state index in [4.69, 9.17) is 19.0 Å². The fourth-order valence-electron chi connectivity index (χ4n) is 2.90. The smallest absolute Gasteiger partial charge is 0.374 e. The molecule has 1 aromatic rings. The van der Waals surface area contributed by atoms with Crippen LogP contribution in [0.25, 0.3) is 6.08 Å². The maximum atomic E-state index is 5.93. The molecule has 148 valence electrons. The third-order valence-corrected chi connectivity index (χ3v) is 7.12. The first kappa shape index (κ1) is 23.0. The summed E-state index contributed by atoms with van der Waals surface area (Å²) in [6.45, 7) is 11.2. The number of hydrogen-bond donors (Lipinski definition) is 1. The quantitative estimate of drug-likeness (QED) is 0.473. The molecule has 0 atom stereocenters. The zero-order valence-electron chi connectivity index (χ0n) is 16.7. The minimum absolute atomic E-state index is 0.624. The second-order valence-electron chi connectivity index (χ2n) is 5.99. The van der Waals surface area contributed by atoms with Crippen LogP contribution in [0.1, 0.15) is 32.8 Å². The number of nitrogens with zero attached hydrogens (tertiary/aromatic N) is 1. The van der Waals surface area contributed by atoms with Crippen molar-refractivity contribution in [3.63, 3.8) is 0 Å². The molecule has 2 N–H and O–H groups in total. The summed E-state index contributed by atoms with van der Waals surface area (Å²) in [6, 6.07) is 11.2. The molecule has 0 aliphatic heterocycles. The maximum Gasteiger partial charge on any atom is 0.500 e. The highest BCUT2D eigenvalue weighted by Crippen LogP contribution is 2.18. The van der Waals surface area contributed by atoms with Crippen molar-refractivity contribution >= 4 is 14.9 Å². The van der Waals surface area contributed by atoms with Crippen molar-refractivity contribution in [3.05, 3.63) is 42.0 Å². The maximum absolute atomic E-state index is 5.93. The summed E-state index contributed by atoms with van der Waals surface area (Å²) in [4.78, 5) is 2.36. The van der Waals surface area contributed by atoms with Crippen LogP contribution >= 0.6 is 0 Å². The monoisotopic (exact) mass is 380 g/mol. The average Bonchev–Trinajstić information content (AvgIpc) is 2.63. The van der Waals surface area contributed by atoms with E-state index in [2.05, 4.69) is 41.3 Å². The average molecular weight is 381 g/mol. The Balaban J connectivity index is 2.53. The van der Waals surface area contributed by atoms with Gasteiger partial charge in [-0.15, -0.1) is 0 Å². The van der Waals surface area contributed by atoms with Crippen LogP contribution in [-0.2, 0) is 13.3 Å². The van der Waals surface area contributed by atoms with Crippen LogP contribution in [0.5, 0.6) is 0 Å². The molecule has 0 aliphatic carbocycles. The number of nitrogens with two attached hydrogens (primary N) is 1. The fraction of sp³-hybridized carbons (Fsp3) is 0.600. The van der Waals surface area contributed by atoms with Crippen LogP contribution in [0.3, 0.4) is 0 Å². The normalized spacial score (nSPS) is 12.3. The van der Waals surface area contributed by atoms with Crippen molar-refractivity contribution in [3.8, 4) is 0 Å². The van der Waals surface area contributed by atoms with Crippen LogP contribution in [0.2, 0.25) is 6.04 Å². The van der Waals surface area contributed by atoms with E-state index >= 15 is 0 Å². The molecule has 0 saturated heterocycles. The molecule has 0 radical (unpaired) electrons. The van der Waals surface area contributed by atoms with Gasteiger partial charge in [0.25, 0.3) is 0 Å². The lowest BCUT2D eigenvalue weighted by Crippen LogP contribution is -2.46. The fourth-order valence-corrected chi connectivity index (χ4v) is 5.49. The number of benzene rings is 1. The van der Waals surface area contributed by atoms with E-state index in [0.717, 1.165) is 32.1 Å². The van der Waals surface area contributed by atoms with Crippen LogP contribution < -0.4 is 5.73 Å². The van der Waals surface area contributed by atoms with E-state index < -0.39 is 8.80 Å². The summed E-state index contributed by atoms with van der Waals surface area (Å²) < 4.78 is 17.8. The number of rotatable bonds is 15. The SMILES string of the molecule is CCO[Si](CCCN(CC=Cc1ccccc1)CCN)(OCC)OCC. The minimum Gasteiger partial charge on any atom is -0.374 e. The molecule has 1 rings (SSSR count). The summed E-state index contributed by atoms with van der Waals surface area (Å²) >= 11 is 0. The first-order valence-electron chi connectivity index (χ1n) is 9.75. The van der Waals surface area contributed by atoms with Crippen molar-refractivity contribution in [1.29, 1.82) is 0 Å². The van der Waals surface area contributed by atoms with Gasteiger partial charge >= 0.3 is 8.80 Å². The van der Waals surface area contributed by atoms with Crippen LogP contribution in [0.15, 0.2) is 36.4 Å². The van der Waals surface area contributed by atoms with Gasteiger partial charge < -0.3 is 19.0 Å². The second kappa shape index (κ2) is 14.1. The Labute approximate surface area is 160 Å². The Morgan fingerprint density at radius 3 is 2.12 bits per heavy atom. The molecule has 0 saturated carbocycles. The number of hydrogen-bond acceptors (Lipinski definition) is 5. The highest BCUT2D eigenvalue weighted by Gasteiger charge is 2.39. The largest absolute Gasteiger partial charge is 0.500 e. The van der Waals surface area contributed by atoms with Gasteiger partial charge in [-0.2, -0.15) is 0 Å². The lowest BCUT2D eigenvalue weighted by molar-refractivity contribution is 0.0700. The summed E-state index contributed by atoms with van der Waals surface area (Å²) in [5.41, 5.74) is 7.00. The molecule has 0 amide bonds. The Kier molecular flexibility index (Phi) is 12.5. The molecule has 5 nitrogen and oxygen atoms in total. The van der Waals surface area contributed by atoms with Crippen molar-refractivity contribution in [2.75, 3.05) is 46.0 Å². The van der Waals surface area contributed by atoms with Crippen molar-refractivity contribution in [2.24, 2.45) is 5.73 Å². The Morgan fingerprint density at radius 1 is 0.962 bits per heavy atom. The van der Waals surface area contributed by atoms with E-state index in [0.29, 0.717) is 26.4 Å². The summed E-state index contributed by atoms with van der Waals surface area (Å²) in [6.07, 6.45) is 5.33. The second-order valence-corrected chi connectivity index (χ2v) is 8.72. The summed E-state index contributed by atoms with van der Waals surface area (Å²) in [7, 11) is -2.55. The van der Waals surface area contributed by atoms with Gasteiger partial charge in [0.15, 0.2) is 0 Å². The van der Waals surface area contributed by atoms with Crippen molar-refractivity contribution in [2.45, 2.75) is 33.2 Å². The van der Waals surface area contributed by atoms with E-state index in [1.54, 1.807) is 0 Å².